The zero-order chi connectivity index (χ0) is 11.4. The second-order valence-electron chi connectivity index (χ2n) is 3.46. The molecule has 2 atom stereocenters. The van der Waals surface area contributed by atoms with Crippen LogP contribution in [0.4, 0.5) is 0 Å². The average molecular weight is 212 g/mol. The van der Waals surface area contributed by atoms with E-state index in [0.717, 1.165) is 0 Å². The van der Waals surface area contributed by atoms with Gasteiger partial charge < -0.3 is 14.6 Å². The molecule has 1 rings (SSSR count). The Morgan fingerprint density at radius 2 is 2.47 bits per heavy atom. The lowest BCUT2D eigenvalue weighted by atomic mass is 9.84. The molecule has 0 radical (unpaired) electrons. The summed E-state index contributed by atoms with van der Waals surface area (Å²) in [5.74, 6) is -0.411. The van der Waals surface area contributed by atoms with Crippen LogP contribution < -0.4 is 0 Å². The Balaban J connectivity index is 2.76. The first kappa shape index (κ1) is 11.8. The van der Waals surface area contributed by atoms with Crippen LogP contribution in [0.3, 0.4) is 0 Å². The van der Waals surface area contributed by atoms with Crippen molar-refractivity contribution in [2.75, 3.05) is 13.7 Å². The van der Waals surface area contributed by atoms with Gasteiger partial charge in [0.15, 0.2) is 0 Å². The molecule has 0 amide bonds. The molecule has 0 aromatic carbocycles. The van der Waals surface area contributed by atoms with E-state index in [-0.39, 0.29) is 6.04 Å². The van der Waals surface area contributed by atoms with E-state index in [0.29, 0.717) is 13.0 Å². The summed E-state index contributed by atoms with van der Waals surface area (Å²) in [4.78, 5) is 15.6. The SMILES string of the molecule is COC(=O)[C@@H]1C[C@H](N=[N+]=[N-])CN1B(C)O. The number of ether oxygens (including phenoxy) is 1. The van der Waals surface area contributed by atoms with Gasteiger partial charge in [0.1, 0.15) is 6.04 Å². The highest BCUT2D eigenvalue weighted by atomic mass is 16.5. The third-order valence-electron chi connectivity index (χ3n) is 2.49. The molecule has 0 saturated carbocycles. The standard InChI is InChI=1S/C7H13BN4O3/c1-8(14)12-4-5(10-11-9)3-6(12)7(13)15-2/h5-6,14H,3-4H2,1-2H3/t5-,6-/m0/s1. The molecule has 0 unspecified atom stereocenters. The molecule has 7 nitrogen and oxygen atoms in total. The Labute approximate surface area is 87.8 Å². The smallest absolute Gasteiger partial charge is 0.377 e. The van der Waals surface area contributed by atoms with Gasteiger partial charge in [-0.2, -0.15) is 0 Å². The summed E-state index contributed by atoms with van der Waals surface area (Å²) in [7, 11) is 0.539. The van der Waals surface area contributed by atoms with Crippen molar-refractivity contribution in [1.82, 2.24) is 4.81 Å². The van der Waals surface area contributed by atoms with E-state index in [1.165, 1.54) is 7.11 Å². The highest BCUT2D eigenvalue weighted by Crippen LogP contribution is 2.22. The molecular formula is C7H13BN4O3. The van der Waals surface area contributed by atoms with E-state index in [1.807, 2.05) is 0 Å². The molecule has 0 aromatic heterocycles. The number of esters is 1. The van der Waals surface area contributed by atoms with Gasteiger partial charge in [0.05, 0.1) is 13.2 Å². The van der Waals surface area contributed by atoms with Gasteiger partial charge in [-0.3, -0.25) is 4.79 Å². The van der Waals surface area contributed by atoms with Gasteiger partial charge >= 0.3 is 13.0 Å². The molecule has 1 aliphatic rings. The first-order valence-corrected chi connectivity index (χ1v) is 4.66. The molecule has 15 heavy (non-hydrogen) atoms. The minimum atomic E-state index is -0.756. The highest BCUT2D eigenvalue weighted by molar-refractivity contribution is 6.45. The topological polar surface area (TPSA) is 98.5 Å². The number of rotatable bonds is 3. The van der Waals surface area contributed by atoms with Gasteiger partial charge in [-0.1, -0.05) is 5.11 Å². The van der Waals surface area contributed by atoms with Crippen molar-refractivity contribution in [3.05, 3.63) is 10.4 Å². The Kier molecular flexibility index (Phi) is 3.96. The first-order valence-electron chi connectivity index (χ1n) is 4.66. The molecule has 1 fully saturated rings. The minimum absolute atomic E-state index is 0.284. The van der Waals surface area contributed by atoms with Crippen molar-refractivity contribution in [1.29, 1.82) is 0 Å². The average Bonchev–Trinajstić information content (AvgIpc) is 2.61. The van der Waals surface area contributed by atoms with Crippen molar-refractivity contribution >= 4 is 13.0 Å². The molecule has 1 aliphatic heterocycles. The molecule has 82 valence electrons. The number of carbonyl (C=O) groups is 1. The number of nitrogens with zero attached hydrogens (tertiary/aromatic N) is 4. The maximum Gasteiger partial charge on any atom is 0.377 e. The number of hydrogen-bond acceptors (Lipinski definition) is 5. The zero-order valence-corrected chi connectivity index (χ0v) is 8.70. The summed E-state index contributed by atoms with van der Waals surface area (Å²) >= 11 is 0. The lowest BCUT2D eigenvalue weighted by molar-refractivity contribution is -0.144. The molecule has 1 saturated heterocycles. The second-order valence-corrected chi connectivity index (χ2v) is 3.46. The summed E-state index contributed by atoms with van der Waals surface area (Å²) in [6.45, 7) is 1.94. The predicted molar refractivity (Wildman–Crippen MR) is 53.9 cm³/mol. The normalized spacial score (nSPS) is 25.8. The van der Waals surface area contributed by atoms with Crippen LogP contribution in [-0.4, -0.2) is 48.6 Å². The monoisotopic (exact) mass is 212 g/mol. The summed E-state index contributed by atoms with van der Waals surface area (Å²) in [6.07, 6.45) is 0.391. The van der Waals surface area contributed by atoms with Gasteiger partial charge in [-0.05, 0) is 25.3 Å². The van der Waals surface area contributed by atoms with Gasteiger partial charge in [-0.25, -0.2) is 0 Å². The van der Waals surface area contributed by atoms with Crippen LogP contribution in [0, 0.1) is 0 Å². The van der Waals surface area contributed by atoms with E-state index in [9.17, 15) is 9.82 Å². The minimum Gasteiger partial charge on any atom is -0.468 e. The number of carbonyl (C=O) groups excluding carboxylic acids is 1. The molecule has 1 N–H and O–H groups in total. The molecular weight excluding hydrogens is 199 g/mol. The quantitative estimate of drug-likeness (QED) is 0.234. The predicted octanol–water partition coefficient (Wildman–Crippen LogP) is 0.0229. The first-order chi connectivity index (χ1) is 7.10. The Bertz CT molecular complexity index is 292. The molecule has 0 aliphatic carbocycles. The van der Waals surface area contributed by atoms with Gasteiger partial charge in [0, 0.05) is 4.91 Å². The summed E-state index contributed by atoms with van der Waals surface area (Å²) < 4.78 is 4.61. The van der Waals surface area contributed by atoms with Crippen molar-refractivity contribution < 1.29 is 14.6 Å². The van der Waals surface area contributed by atoms with E-state index >= 15 is 0 Å². The molecule has 1 heterocycles. The highest BCUT2D eigenvalue weighted by Gasteiger charge is 2.40. The molecule has 0 spiro atoms. The maximum atomic E-state index is 11.4. The van der Waals surface area contributed by atoms with Crippen LogP contribution >= 0.6 is 0 Å². The van der Waals surface area contributed by atoms with Crippen molar-refractivity contribution in [2.45, 2.75) is 25.3 Å². The Hall–Kier alpha value is -1.24. The van der Waals surface area contributed by atoms with Crippen molar-refractivity contribution in [3.63, 3.8) is 0 Å². The van der Waals surface area contributed by atoms with E-state index in [1.54, 1.807) is 11.6 Å². The van der Waals surface area contributed by atoms with Gasteiger partial charge in [0.25, 0.3) is 0 Å². The van der Waals surface area contributed by atoms with E-state index in [2.05, 4.69) is 14.8 Å². The van der Waals surface area contributed by atoms with Crippen LogP contribution in [0.25, 0.3) is 10.4 Å². The summed E-state index contributed by atoms with van der Waals surface area (Å²) in [5, 5.41) is 13.0. The Morgan fingerprint density at radius 1 is 1.80 bits per heavy atom. The van der Waals surface area contributed by atoms with Gasteiger partial charge in [0.2, 0.25) is 0 Å². The fourth-order valence-electron chi connectivity index (χ4n) is 1.78. The lowest BCUT2D eigenvalue weighted by Crippen LogP contribution is -2.45. The van der Waals surface area contributed by atoms with Gasteiger partial charge in [-0.15, -0.1) is 0 Å². The van der Waals surface area contributed by atoms with Crippen molar-refractivity contribution in [2.24, 2.45) is 5.11 Å². The second kappa shape index (κ2) is 5.02. The van der Waals surface area contributed by atoms with Crippen LogP contribution in [0.1, 0.15) is 6.42 Å². The van der Waals surface area contributed by atoms with E-state index < -0.39 is 19.1 Å². The zero-order valence-electron chi connectivity index (χ0n) is 8.70. The fourth-order valence-corrected chi connectivity index (χ4v) is 1.78. The largest absolute Gasteiger partial charge is 0.468 e. The van der Waals surface area contributed by atoms with Crippen LogP contribution in [0.15, 0.2) is 5.11 Å². The molecule has 0 bridgehead atoms. The molecule has 0 aromatic rings. The summed E-state index contributed by atoms with van der Waals surface area (Å²) in [5.41, 5.74) is 8.29. The van der Waals surface area contributed by atoms with Crippen LogP contribution in [-0.2, 0) is 9.53 Å². The summed E-state index contributed by atoms with van der Waals surface area (Å²) in [6, 6.07) is -0.806. The van der Waals surface area contributed by atoms with Crippen LogP contribution in [0.2, 0.25) is 6.82 Å². The third kappa shape index (κ3) is 2.62. The lowest BCUT2D eigenvalue weighted by Gasteiger charge is -2.22. The number of hydrogen-bond donors (Lipinski definition) is 1. The third-order valence-corrected chi connectivity index (χ3v) is 2.49. The van der Waals surface area contributed by atoms with Crippen LogP contribution in [0.5, 0.6) is 0 Å². The molecule has 8 heteroatoms. The van der Waals surface area contributed by atoms with Crippen molar-refractivity contribution in [3.8, 4) is 0 Å². The fraction of sp³-hybridized carbons (Fsp3) is 0.857. The number of azide groups is 1. The number of methoxy groups -OCH3 is 1. The Morgan fingerprint density at radius 3 is 2.93 bits per heavy atom. The van der Waals surface area contributed by atoms with E-state index in [4.69, 9.17) is 5.53 Å². The maximum absolute atomic E-state index is 11.4.